The van der Waals surface area contributed by atoms with Gasteiger partial charge in [0.1, 0.15) is 18.2 Å². The lowest BCUT2D eigenvalue weighted by molar-refractivity contribution is -0.249. The predicted molar refractivity (Wildman–Crippen MR) is 48.1 cm³/mol. The number of carbonyl (C=O) groups excluding carboxylic acids is 1. The molecule has 0 unspecified atom stereocenters. The van der Waals surface area contributed by atoms with Crippen LogP contribution in [-0.2, 0) is 14.3 Å². The number of hydrogen-bond donors (Lipinski definition) is 5. The van der Waals surface area contributed by atoms with E-state index in [2.05, 4.69) is 10.1 Å². The highest BCUT2D eigenvalue weighted by Crippen LogP contribution is 2.20. The highest BCUT2D eigenvalue weighted by molar-refractivity contribution is 5.74. The molecule has 0 aromatic carbocycles. The number of carboxylic acid groups (broad SMARTS) is 1. The van der Waals surface area contributed by atoms with Gasteiger partial charge in [0.15, 0.2) is 12.4 Å². The summed E-state index contributed by atoms with van der Waals surface area (Å²) in [6, 6.07) is -1.26. The number of nitrogens with one attached hydrogen (secondary N) is 1. The van der Waals surface area contributed by atoms with Crippen LogP contribution in [0.1, 0.15) is 6.92 Å². The third-order valence-corrected chi connectivity index (χ3v) is 2.23. The summed E-state index contributed by atoms with van der Waals surface area (Å²) in [5.74, 6) is -2.06. The van der Waals surface area contributed by atoms with Gasteiger partial charge in [-0.15, -0.1) is 0 Å². The average molecular weight is 235 g/mol. The van der Waals surface area contributed by atoms with Crippen molar-refractivity contribution in [3.63, 3.8) is 0 Å². The quantitative estimate of drug-likeness (QED) is 0.344. The summed E-state index contributed by atoms with van der Waals surface area (Å²) in [4.78, 5) is 21.3. The Labute approximate surface area is 90.5 Å². The van der Waals surface area contributed by atoms with Crippen LogP contribution in [-0.4, -0.2) is 62.9 Å². The van der Waals surface area contributed by atoms with E-state index >= 15 is 0 Å². The Kier molecular flexibility index (Phi) is 3.81. The molecule has 1 rings (SSSR count). The second-order valence-electron chi connectivity index (χ2n) is 3.49. The van der Waals surface area contributed by atoms with Crippen molar-refractivity contribution < 1.29 is 34.8 Å². The van der Waals surface area contributed by atoms with Crippen LogP contribution >= 0.6 is 0 Å². The largest absolute Gasteiger partial charge is 0.479 e. The van der Waals surface area contributed by atoms with E-state index in [9.17, 15) is 24.9 Å². The molecule has 1 amide bonds. The lowest BCUT2D eigenvalue weighted by Crippen LogP contribution is -2.64. The fraction of sp³-hybridized carbons (Fsp3) is 0.750. The van der Waals surface area contributed by atoms with E-state index in [1.54, 1.807) is 0 Å². The van der Waals surface area contributed by atoms with Crippen LogP contribution in [0.4, 0.5) is 0 Å². The molecule has 1 fully saturated rings. The number of carboxylic acids is 1. The van der Waals surface area contributed by atoms with Crippen LogP contribution < -0.4 is 5.32 Å². The van der Waals surface area contributed by atoms with Gasteiger partial charge < -0.3 is 30.5 Å². The number of aliphatic carboxylic acids is 1. The zero-order valence-corrected chi connectivity index (χ0v) is 8.40. The van der Waals surface area contributed by atoms with Crippen LogP contribution in [0.3, 0.4) is 0 Å². The summed E-state index contributed by atoms with van der Waals surface area (Å²) < 4.78 is 4.58. The van der Waals surface area contributed by atoms with Crippen molar-refractivity contribution in [2.75, 3.05) is 0 Å². The highest BCUT2D eigenvalue weighted by Gasteiger charge is 2.47. The molecule has 8 nitrogen and oxygen atoms in total. The minimum absolute atomic E-state index is 0.548. The minimum atomic E-state index is -1.73. The molecule has 5 atom stereocenters. The van der Waals surface area contributed by atoms with Crippen molar-refractivity contribution in [1.29, 1.82) is 0 Å². The first-order chi connectivity index (χ1) is 7.34. The number of amides is 1. The fourth-order valence-corrected chi connectivity index (χ4v) is 1.47. The molecule has 1 saturated heterocycles. The van der Waals surface area contributed by atoms with Gasteiger partial charge in [0.2, 0.25) is 5.91 Å². The van der Waals surface area contributed by atoms with Gasteiger partial charge in [0.25, 0.3) is 0 Å². The first-order valence-electron chi connectivity index (χ1n) is 4.54. The normalized spacial score (nSPS) is 39.1. The maximum atomic E-state index is 10.7. The Morgan fingerprint density at radius 1 is 1.19 bits per heavy atom. The van der Waals surface area contributed by atoms with Crippen molar-refractivity contribution >= 4 is 11.9 Å². The molecule has 0 spiro atoms. The van der Waals surface area contributed by atoms with Gasteiger partial charge in [-0.1, -0.05) is 0 Å². The standard InChI is InChI=1S/C8H13NO7/c1-2(10)9-3-4(11)5(12)6(7(13)14)16-8(3)15/h3-6,8,11-12,15H,1H3,(H,9,10)(H,13,14)/t3-,4-,5+,6+,8+/m1/s1. The van der Waals surface area contributed by atoms with Crippen molar-refractivity contribution in [3.05, 3.63) is 0 Å². The minimum Gasteiger partial charge on any atom is -0.479 e. The predicted octanol–water partition coefficient (Wildman–Crippen LogP) is -2.99. The van der Waals surface area contributed by atoms with Crippen molar-refractivity contribution in [1.82, 2.24) is 5.32 Å². The van der Waals surface area contributed by atoms with Crippen LogP contribution in [0.5, 0.6) is 0 Å². The molecule has 0 aromatic heterocycles. The molecule has 0 saturated carbocycles. The second-order valence-corrected chi connectivity index (χ2v) is 3.49. The molecule has 1 aliphatic heterocycles. The Morgan fingerprint density at radius 3 is 2.19 bits per heavy atom. The zero-order chi connectivity index (χ0) is 12.5. The van der Waals surface area contributed by atoms with Gasteiger partial charge in [-0.05, 0) is 0 Å². The van der Waals surface area contributed by atoms with Crippen molar-refractivity contribution in [3.8, 4) is 0 Å². The molecule has 8 heteroatoms. The van der Waals surface area contributed by atoms with Gasteiger partial charge in [0, 0.05) is 6.92 Å². The molecule has 0 radical (unpaired) electrons. The molecular formula is C8H13NO7. The van der Waals surface area contributed by atoms with E-state index in [1.165, 1.54) is 0 Å². The summed E-state index contributed by atoms with van der Waals surface area (Å²) in [7, 11) is 0. The molecule has 5 N–H and O–H groups in total. The summed E-state index contributed by atoms with van der Waals surface area (Å²) in [6.07, 6.45) is -6.76. The van der Waals surface area contributed by atoms with Crippen molar-refractivity contribution in [2.24, 2.45) is 0 Å². The highest BCUT2D eigenvalue weighted by atomic mass is 16.6. The lowest BCUT2D eigenvalue weighted by Gasteiger charge is -2.39. The fourth-order valence-electron chi connectivity index (χ4n) is 1.47. The number of hydrogen-bond acceptors (Lipinski definition) is 6. The Morgan fingerprint density at radius 2 is 1.75 bits per heavy atom. The summed E-state index contributed by atoms with van der Waals surface area (Å²) >= 11 is 0. The smallest absolute Gasteiger partial charge is 0.335 e. The lowest BCUT2D eigenvalue weighted by atomic mass is 9.97. The van der Waals surface area contributed by atoms with Gasteiger partial charge in [-0.2, -0.15) is 0 Å². The molecule has 1 heterocycles. The second kappa shape index (κ2) is 4.74. The maximum Gasteiger partial charge on any atom is 0.335 e. The number of ether oxygens (including phenoxy) is 1. The van der Waals surface area contributed by atoms with Gasteiger partial charge in [-0.3, -0.25) is 4.79 Å². The molecule has 0 aromatic rings. The van der Waals surface area contributed by atoms with E-state index in [-0.39, 0.29) is 0 Å². The van der Waals surface area contributed by atoms with E-state index in [0.29, 0.717) is 0 Å². The summed E-state index contributed by atoms with van der Waals surface area (Å²) in [6.45, 7) is 1.15. The third-order valence-electron chi connectivity index (χ3n) is 2.23. The summed E-state index contributed by atoms with van der Waals surface area (Å²) in [5.41, 5.74) is 0. The first-order valence-corrected chi connectivity index (χ1v) is 4.54. The first kappa shape index (κ1) is 12.8. The molecular weight excluding hydrogens is 222 g/mol. The van der Waals surface area contributed by atoms with E-state index < -0.39 is 42.5 Å². The van der Waals surface area contributed by atoms with Crippen LogP contribution in [0, 0.1) is 0 Å². The van der Waals surface area contributed by atoms with Gasteiger partial charge >= 0.3 is 5.97 Å². The Balaban J connectivity index is 2.79. The monoisotopic (exact) mass is 235 g/mol. The molecule has 1 aliphatic rings. The number of aliphatic hydroxyl groups is 3. The summed E-state index contributed by atoms with van der Waals surface area (Å²) in [5, 5.41) is 39.0. The van der Waals surface area contributed by atoms with E-state index in [4.69, 9.17) is 5.11 Å². The van der Waals surface area contributed by atoms with Crippen LogP contribution in [0.25, 0.3) is 0 Å². The molecule has 0 bridgehead atoms. The Bertz CT molecular complexity index is 294. The van der Waals surface area contributed by atoms with Gasteiger partial charge in [-0.25, -0.2) is 4.79 Å². The molecule has 92 valence electrons. The Hall–Kier alpha value is -1.22. The molecule has 16 heavy (non-hydrogen) atoms. The van der Waals surface area contributed by atoms with E-state index in [1.807, 2.05) is 0 Å². The maximum absolute atomic E-state index is 10.7. The van der Waals surface area contributed by atoms with Gasteiger partial charge in [0.05, 0.1) is 0 Å². The van der Waals surface area contributed by atoms with Crippen LogP contribution in [0.15, 0.2) is 0 Å². The SMILES string of the molecule is CC(=O)N[C@@H]1[C@@H](O)[C@H](O)[C@@H](C(=O)O)O[C@@H]1O. The van der Waals surface area contributed by atoms with Crippen molar-refractivity contribution in [2.45, 2.75) is 37.6 Å². The third kappa shape index (κ3) is 2.47. The average Bonchev–Trinajstić information content (AvgIpc) is 2.17. The number of aliphatic hydroxyl groups excluding tert-OH is 3. The molecule has 0 aliphatic carbocycles. The topological polar surface area (TPSA) is 136 Å². The number of rotatable bonds is 2. The zero-order valence-electron chi connectivity index (χ0n) is 8.40. The van der Waals surface area contributed by atoms with E-state index in [0.717, 1.165) is 6.92 Å². The number of carbonyl (C=O) groups is 2. The van der Waals surface area contributed by atoms with Crippen LogP contribution in [0.2, 0.25) is 0 Å².